The highest BCUT2D eigenvalue weighted by Crippen LogP contribution is 2.15. The molecule has 13 heavy (non-hydrogen) atoms. The third-order valence-corrected chi connectivity index (χ3v) is 2.57. The highest BCUT2D eigenvalue weighted by Gasteiger charge is 2.08. The highest BCUT2D eigenvalue weighted by molar-refractivity contribution is 7.89. The third-order valence-electron chi connectivity index (χ3n) is 1.66. The van der Waals surface area contributed by atoms with Gasteiger partial charge in [-0.2, -0.15) is 0 Å². The van der Waals surface area contributed by atoms with E-state index in [0.29, 0.717) is 11.3 Å². The molecule has 0 aromatic heterocycles. The maximum Gasteiger partial charge on any atom is 0.238 e. The number of benzene rings is 1. The van der Waals surface area contributed by atoms with E-state index in [9.17, 15) is 8.42 Å². The molecule has 0 bridgehead atoms. The number of hydrogen-bond acceptors (Lipinski definition) is 4. The quantitative estimate of drug-likeness (QED) is 0.553. The summed E-state index contributed by atoms with van der Waals surface area (Å²) in [7, 11) is -3.66. The summed E-state index contributed by atoms with van der Waals surface area (Å²) in [5.41, 5.74) is 11.9. The van der Waals surface area contributed by atoms with E-state index in [1.807, 2.05) is 0 Å². The predicted molar refractivity (Wildman–Crippen MR) is 50.1 cm³/mol. The van der Waals surface area contributed by atoms with Crippen molar-refractivity contribution in [2.24, 2.45) is 10.9 Å². The van der Waals surface area contributed by atoms with Crippen molar-refractivity contribution in [1.29, 1.82) is 0 Å². The van der Waals surface area contributed by atoms with Gasteiger partial charge in [-0.3, -0.25) is 0 Å². The number of rotatable bonds is 2. The van der Waals surface area contributed by atoms with E-state index in [1.165, 1.54) is 18.2 Å². The molecule has 0 radical (unpaired) electrons. The molecular weight excluding hydrogens is 190 g/mol. The van der Waals surface area contributed by atoms with E-state index in [1.54, 1.807) is 0 Å². The van der Waals surface area contributed by atoms with E-state index in [2.05, 4.69) is 0 Å². The summed E-state index contributed by atoms with van der Waals surface area (Å²) in [6.45, 7) is 0.190. The second-order valence-electron chi connectivity index (χ2n) is 2.61. The second kappa shape index (κ2) is 3.33. The summed E-state index contributed by atoms with van der Waals surface area (Å²) in [4.78, 5) is 0.0298. The monoisotopic (exact) mass is 201 g/mol. The van der Waals surface area contributed by atoms with Crippen molar-refractivity contribution in [2.75, 3.05) is 5.73 Å². The first-order valence-electron chi connectivity index (χ1n) is 3.56. The molecule has 0 saturated heterocycles. The molecule has 0 aliphatic carbocycles. The van der Waals surface area contributed by atoms with Crippen LogP contribution in [-0.2, 0) is 16.6 Å². The van der Waals surface area contributed by atoms with Gasteiger partial charge < -0.3 is 11.5 Å². The maximum absolute atomic E-state index is 10.9. The number of sulfonamides is 1. The van der Waals surface area contributed by atoms with Gasteiger partial charge in [0.1, 0.15) is 0 Å². The Morgan fingerprint density at radius 3 is 2.38 bits per heavy atom. The van der Waals surface area contributed by atoms with Gasteiger partial charge in [0.15, 0.2) is 0 Å². The van der Waals surface area contributed by atoms with Crippen LogP contribution in [0.5, 0.6) is 0 Å². The van der Waals surface area contributed by atoms with Crippen molar-refractivity contribution in [3.63, 3.8) is 0 Å². The normalized spacial score (nSPS) is 11.5. The predicted octanol–water partition coefficient (Wildman–Crippen LogP) is -0.625. The molecule has 6 N–H and O–H groups in total. The van der Waals surface area contributed by atoms with Crippen LogP contribution >= 0.6 is 0 Å². The van der Waals surface area contributed by atoms with Gasteiger partial charge in [0.05, 0.1) is 4.90 Å². The minimum Gasteiger partial charge on any atom is -0.398 e. The minimum absolute atomic E-state index is 0.0298. The Balaban J connectivity index is 3.30. The molecule has 1 aromatic rings. The molecule has 0 aliphatic rings. The van der Waals surface area contributed by atoms with E-state index in [-0.39, 0.29) is 11.4 Å². The molecule has 0 fully saturated rings. The number of nitrogen functional groups attached to an aromatic ring is 1. The molecular formula is C7H11N3O2S. The Kier molecular flexibility index (Phi) is 2.55. The number of hydrogen-bond donors (Lipinski definition) is 3. The van der Waals surface area contributed by atoms with Gasteiger partial charge in [0.2, 0.25) is 10.0 Å². The summed E-state index contributed by atoms with van der Waals surface area (Å²) in [5, 5.41) is 4.92. The average Bonchev–Trinajstić information content (AvgIpc) is 2.03. The standard InChI is InChI=1S/C7H11N3O2S/c8-4-5-3-6(13(10,11)12)1-2-7(5)9/h1-3H,4,8-9H2,(H2,10,11,12). The van der Waals surface area contributed by atoms with Gasteiger partial charge in [0.25, 0.3) is 0 Å². The lowest BCUT2D eigenvalue weighted by Gasteiger charge is -2.04. The Bertz CT molecular complexity index is 414. The van der Waals surface area contributed by atoms with Gasteiger partial charge in [0, 0.05) is 12.2 Å². The fraction of sp³-hybridized carbons (Fsp3) is 0.143. The van der Waals surface area contributed by atoms with Crippen LogP contribution in [0.2, 0.25) is 0 Å². The number of primary sulfonamides is 1. The largest absolute Gasteiger partial charge is 0.398 e. The SMILES string of the molecule is NCc1cc(S(N)(=O)=O)ccc1N. The summed E-state index contributed by atoms with van der Waals surface area (Å²) in [5.74, 6) is 0. The van der Waals surface area contributed by atoms with Gasteiger partial charge in [-0.1, -0.05) is 0 Å². The van der Waals surface area contributed by atoms with Crippen LogP contribution in [-0.4, -0.2) is 8.42 Å². The van der Waals surface area contributed by atoms with Crippen LogP contribution in [0.3, 0.4) is 0 Å². The molecule has 0 spiro atoms. The first-order chi connectivity index (χ1) is 5.95. The van der Waals surface area contributed by atoms with Crippen molar-refractivity contribution in [3.8, 4) is 0 Å². The first kappa shape index (κ1) is 9.97. The lowest BCUT2D eigenvalue weighted by molar-refractivity contribution is 0.597. The summed E-state index contributed by atoms with van der Waals surface area (Å²) < 4.78 is 21.8. The average molecular weight is 201 g/mol. The van der Waals surface area contributed by atoms with Crippen LogP contribution < -0.4 is 16.6 Å². The zero-order valence-corrected chi connectivity index (χ0v) is 7.71. The van der Waals surface area contributed by atoms with E-state index in [0.717, 1.165) is 0 Å². The summed E-state index contributed by atoms with van der Waals surface area (Å²) in [6, 6.07) is 4.20. The van der Waals surface area contributed by atoms with Gasteiger partial charge >= 0.3 is 0 Å². The molecule has 5 nitrogen and oxygen atoms in total. The molecule has 1 rings (SSSR count). The smallest absolute Gasteiger partial charge is 0.238 e. The molecule has 0 heterocycles. The Morgan fingerprint density at radius 1 is 1.31 bits per heavy atom. The Morgan fingerprint density at radius 2 is 1.92 bits per heavy atom. The zero-order valence-electron chi connectivity index (χ0n) is 6.90. The van der Waals surface area contributed by atoms with Crippen LogP contribution in [0.25, 0.3) is 0 Å². The molecule has 72 valence electrons. The first-order valence-corrected chi connectivity index (χ1v) is 5.11. The lowest BCUT2D eigenvalue weighted by Crippen LogP contribution is -2.13. The van der Waals surface area contributed by atoms with Crippen LogP contribution in [0.4, 0.5) is 5.69 Å². The van der Waals surface area contributed by atoms with Gasteiger partial charge in [-0.15, -0.1) is 0 Å². The molecule has 0 amide bonds. The molecule has 0 saturated carbocycles. The van der Waals surface area contributed by atoms with E-state index < -0.39 is 10.0 Å². The minimum atomic E-state index is -3.66. The Labute approximate surface area is 76.6 Å². The van der Waals surface area contributed by atoms with Crippen molar-refractivity contribution >= 4 is 15.7 Å². The molecule has 0 unspecified atom stereocenters. The van der Waals surface area contributed by atoms with Crippen molar-refractivity contribution in [1.82, 2.24) is 0 Å². The van der Waals surface area contributed by atoms with Crippen molar-refractivity contribution < 1.29 is 8.42 Å². The molecule has 6 heteroatoms. The van der Waals surface area contributed by atoms with Gasteiger partial charge in [-0.05, 0) is 23.8 Å². The van der Waals surface area contributed by atoms with E-state index in [4.69, 9.17) is 16.6 Å². The third kappa shape index (κ3) is 2.18. The van der Waals surface area contributed by atoms with Gasteiger partial charge in [-0.25, -0.2) is 13.6 Å². The van der Waals surface area contributed by atoms with Crippen molar-refractivity contribution in [2.45, 2.75) is 11.4 Å². The lowest BCUT2D eigenvalue weighted by atomic mass is 10.2. The summed E-state index contributed by atoms with van der Waals surface area (Å²) >= 11 is 0. The van der Waals surface area contributed by atoms with Crippen LogP contribution in [0.1, 0.15) is 5.56 Å². The molecule has 1 aromatic carbocycles. The molecule has 0 atom stereocenters. The maximum atomic E-state index is 10.9. The molecule has 0 aliphatic heterocycles. The Hall–Kier alpha value is -1.11. The highest BCUT2D eigenvalue weighted by atomic mass is 32.2. The second-order valence-corrected chi connectivity index (χ2v) is 4.17. The van der Waals surface area contributed by atoms with Crippen LogP contribution in [0, 0.1) is 0 Å². The fourth-order valence-corrected chi connectivity index (χ4v) is 1.50. The fourth-order valence-electron chi connectivity index (χ4n) is 0.936. The number of anilines is 1. The van der Waals surface area contributed by atoms with E-state index >= 15 is 0 Å². The van der Waals surface area contributed by atoms with Crippen LogP contribution in [0.15, 0.2) is 23.1 Å². The zero-order chi connectivity index (χ0) is 10.1. The topological polar surface area (TPSA) is 112 Å². The summed E-state index contributed by atoms with van der Waals surface area (Å²) in [6.07, 6.45) is 0. The number of nitrogens with two attached hydrogens (primary N) is 3. The van der Waals surface area contributed by atoms with Crippen molar-refractivity contribution in [3.05, 3.63) is 23.8 Å².